The van der Waals surface area contributed by atoms with Crippen LogP contribution in [0, 0.1) is 0 Å². The van der Waals surface area contributed by atoms with Crippen LogP contribution in [0.4, 0.5) is 11.4 Å². The highest BCUT2D eigenvalue weighted by molar-refractivity contribution is 9.10. The second-order valence-corrected chi connectivity index (χ2v) is 7.23. The minimum atomic E-state index is -0.405. The number of halogens is 1. The monoisotopic (exact) mass is 427 g/mol. The lowest BCUT2D eigenvalue weighted by molar-refractivity contribution is -0.117. The number of hydrazine groups is 1. The number of morpholine rings is 1. The van der Waals surface area contributed by atoms with Crippen molar-refractivity contribution >= 4 is 45.2 Å². The highest BCUT2D eigenvalue weighted by Gasteiger charge is 2.34. The van der Waals surface area contributed by atoms with Crippen molar-refractivity contribution < 1.29 is 14.3 Å². The summed E-state index contributed by atoms with van der Waals surface area (Å²) in [5.74, 6) is -0.771. The first-order valence-electron chi connectivity index (χ1n) is 8.67. The number of nitrogens with one attached hydrogen (secondary N) is 1. The summed E-state index contributed by atoms with van der Waals surface area (Å²) in [5.41, 5.74) is 5.26. The molecule has 4 rings (SSSR count). The summed E-state index contributed by atoms with van der Waals surface area (Å²) in [6, 6.07) is 15.0. The van der Waals surface area contributed by atoms with Gasteiger partial charge in [0.2, 0.25) is 0 Å². The summed E-state index contributed by atoms with van der Waals surface area (Å²) in [5, 5.41) is 1.26. The fourth-order valence-electron chi connectivity index (χ4n) is 3.12. The normalized spacial score (nSPS) is 18.9. The van der Waals surface area contributed by atoms with Gasteiger partial charge in [-0.05, 0) is 42.0 Å². The lowest BCUT2D eigenvalue weighted by atomic mass is 10.1. The molecule has 6 nitrogen and oxygen atoms in total. The van der Waals surface area contributed by atoms with E-state index >= 15 is 0 Å². The lowest BCUT2D eigenvalue weighted by Crippen LogP contribution is -2.36. The van der Waals surface area contributed by atoms with Crippen LogP contribution in [-0.4, -0.2) is 38.1 Å². The van der Waals surface area contributed by atoms with Crippen molar-refractivity contribution in [2.45, 2.75) is 0 Å². The van der Waals surface area contributed by atoms with E-state index in [1.807, 2.05) is 36.4 Å². The largest absolute Gasteiger partial charge is 0.378 e. The Morgan fingerprint density at radius 2 is 1.74 bits per heavy atom. The maximum atomic E-state index is 12.7. The minimum absolute atomic E-state index is 0.120. The minimum Gasteiger partial charge on any atom is -0.378 e. The van der Waals surface area contributed by atoms with Gasteiger partial charge in [0.1, 0.15) is 5.57 Å². The lowest BCUT2D eigenvalue weighted by Gasteiger charge is -2.28. The van der Waals surface area contributed by atoms with Crippen LogP contribution in [0.2, 0.25) is 0 Å². The van der Waals surface area contributed by atoms with Crippen LogP contribution < -0.4 is 15.3 Å². The molecular formula is C20H18BrN3O3. The fraction of sp³-hybridized carbons (Fsp3) is 0.200. The smallest absolute Gasteiger partial charge is 0.282 e. The van der Waals surface area contributed by atoms with Crippen molar-refractivity contribution in [3.8, 4) is 0 Å². The summed E-state index contributed by atoms with van der Waals surface area (Å²) in [6.07, 6.45) is 1.62. The fourth-order valence-corrected chi connectivity index (χ4v) is 3.51. The van der Waals surface area contributed by atoms with Gasteiger partial charge in [-0.25, -0.2) is 5.01 Å². The number of hydrogen-bond acceptors (Lipinski definition) is 4. The number of rotatable bonds is 3. The molecule has 0 saturated carbocycles. The topological polar surface area (TPSA) is 61.9 Å². The zero-order valence-electron chi connectivity index (χ0n) is 14.5. The van der Waals surface area contributed by atoms with Gasteiger partial charge >= 0.3 is 0 Å². The number of anilines is 2. The highest BCUT2D eigenvalue weighted by Crippen LogP contribution is 2.25. The third-order valence-corrected chi connectivity index (χ3v) is 5.03. The SMILES string of the molecule is O=C1NN(c2cccc(Br)c2)C(=O)/C1=C/c1ccc(N2CCOCC2)cc1. The molecule has 7 heteroatoms. The van der Waals surface area contributed by atoms with Gasteiger partial charge in [0.25, 0.3) is 11.8 Å². The number of nitrogens with zero attached hydrogens (tertiary/aromatic N) is 2. The maximum absolute atomic E-state index is 12.7. The van der Waals surface area contributed by atoms with Gasteiger partial charge in [-0.1, -0.05) is 34.1 Å². The Morgan fingerprint density at radius 1 is 1.00 bits per heavy atom. The van der Waals surface area contributed by atoms with E-state index < -0.39 is 5.91 Å². The molecule has 2 saturated heterocycles. The first-order valence-corrected chi connectivity index (χ1v) is 9.46. The summed E-state index contributed by atoms with van der Waals surface area (Å²) >= 11 is 3.38. The van der Waals surface area contributed by atoms with Crippen molar-refractivity contribution in [2.24, 2.45) is 0 Å². The molecular weight excluding hydrogens is 410 g/mol. The second-order valence-electron chi connectivity index (χ2n) is 6.31. The van der Waals surface area contributed by atoms with Crippen LogP contribution in [0.5, 0.6) is 0 Å². The van der Waals surface area contributed by atoms with Crippen LogP contribution in [0.3, 0.4) is 0 Å². The summed E-state index contributed by atoms with van der Waals surface area (Å²) in [7, 11) is 0. The Balaban J connectivity index is 1.54. The van der Waals surface area contributed by atoms with Gasteiger partial charge in [-0.15, -0.1) is 0 Å². The molecule has 0 aliphatic carbocycles. The summed E-state index contributed by atoms with van der Waals surface area (Å²) < 4.78 is 6.20. The van der Waals surface area contributed by atoms with E-state index in [0.717, 1.165) is 42.0 Å². The van der Waals surface area contributed by atoms with Gasteiger partial charge in [-0.3, -0.25) is 15.0 Å². The Labute approximate surface area is 165 Å². The number of carbonyl (C=O) groups is 2. The molecule has 138 valence electrons. The first kappa shape index (κ1) is 17.8. The van der Waals surface area contributed by atoms with Crippen LogP contribution in [0.15, 0.2) is 58.6 Å². The van der Waals surface area contributed by atoms with E-state index in [1.165, 1.54) is 5.01 Å². The molecule has 0 spiro atoms. The van der Waals surface area contributed by atoms with Crippen LogP contribution in [-0.2, 0) is 14.3 Å². The van der Waals surface area contributed by atoms with Gasteiger partial charge in [0.05, 0.1) is 18.9 Å². The zero-order valence-corrected chi connectivity index (χ0v) is 16.1. The number of amides is 2. The molecule has 2 aliphatic heterocycles. The van der Waals surface area contributed by atoms with Gasteiger partial charge in [-0.2, -0.15) is 0 Å². The number of benzene rings is 2. The third-order valence-electron chi connectivity index (χ3n) is 4.54. The molecule has 2 aliphatic rings. The number of hydrogen-bond donors (Lipinski definition) is 1. The van der Waals surface area contributed by atoms with E-state index in [-0.39, 0.29) is 11.5 Å². The van der Waals surface area contributed by atoms with E-state index in [0.29, 0.717) is 5.69 Å². The van der Waals surface area contributed by atoms with Crippen molar-refractivity contribution in [2.75, 3.05) is 36.2 Å². The predicted octanol–water partition coefficient (Wildman–Crippen LogP) is 2.75. The van der Waals surface area contributed by atoms with E-state index in [4.69, 9.17) is 4.74 Å². The van der Waals surface area contributed by atoms with Crippen LogP contribution >= 0.6 is 15.9 Å². The quantitative estimate of drug-likeness (QED) is 0.604. The molecule has 0 unspecified atom stereocenters. The maximum Gasteiger partial charge on any atom is 0.282 e. The van der Waals surface area contributed by atoms with E-state index in [1.54, 1.807) is 18.2 Å². The second kappa shape index (κ2) is 7.54. The van der Waals surface area contributed by atoms with E-state index in [2.05, 4.69) is 26.3 Å². The predicted molar refractivity (Wildman–Crippen MR) is 107 cm³/mol. The molecule has 2 amide bonds. The Kier molecular flexibility index (Phi) is 4.96. The van der Waals surface area contributed by atoms with Crippen molar-refractivity contribution in [1.29, 1.82) is 0 Å². The average Bonchev–Trinajstić information content (AvgIpc) is 2.97. The van der Waals surface area contributed by atoms with Crippen LogP contribution in [0.25, 0.3) is 6.08 Å². The summed E-state index contributed by atoms with van der Waals surface area (Å²) in [6.45, 7) is 3.18. The van der Waals surface area contributed by atoms with Crippen molar-refractivity contribution in [3.63, 3.8) is 0 Å². The van der Waals surface area contributed by atoms with Crippen molar-refractivity contribution in [1.82, 2.24) is 5.43 Å². The molecule has 27 heavy (non-hydrogen) atoms. The number of ether oxygens (including phenoxy) is 1. The van der Waals surface area contributed by atoms with Crippen LogP contribution in [0.1, 0.15) is 5.56 Å². The van der Waals surface area contributed by atoms with Gasteiger partial charge < -0.3 is 9.64 Å². The number of carbonyl (C=O) groups excluding carboxylic acids is 2. The Hall–Kier alpha value is -2.64. The van der Waals surface area contributed by atoms with Crippen molar-refractivity contribution in [3.05, 3.63) is 64.1 Å². The zero-order chi connectivity index (χ0) is 18.8. The first-order chi connectivity index (χ1) is 13.1. The highest BCUT2D eigenvalue weighted by atomic mass is 79.9. The molecule has 2 heterocycles. The molecule has 0 radical (unpaired) electrons. The summed E-state index contributed by atoms with van der Waals surface area (Å²) in [4.78, 5) is 27.2. The molecule has 2 aromatic carbocycles. The average molecular weight is 428 g/mol. The molecule has 1 N–H and O–H groups in total. The molecule has 0 aromatic heterocycles. The van der Waals surface area contributed by atoms with Gasteiger partial charge in [0.15, 0.2) is 0 Å². The van der Waals surface area contributed by atoms with Gasteiger partial charge in [0, 0.05) is 23.2 Å². The molecule has 0 bridgehead atoms. The Morgan fingerprint density at radius 3 is 2.44 bits per heavy atom. The molecule has 0 atom stereocenters. The molecule has 2 fully saturated rings. The molecule has 2 aromatic rings. The van der Waals surface area contributed by atoms with E-state index in [9.17, 15) is 9.59 Å². The third kappa shape index (κ3) is 3.74. The Bertz CT molecular complexity index is 905. The standard InChI is InChI=1S/C20H18BrN3O3/c21-15-2-1-3-17(13-15)24-20(26)18(19(25)22-24)12-14-4-6-16(7-5-14)23-8-10-27-11-9-23/h1-7,12-13H,8-11H2,(H,22,25)/b18-12+.